The molecule has 8 heteroatoms. The van der Waals surface area contributed by atoms with E-state index in [0.29, 0.717) is 11.3 Å². The Balaban J connectivity index is 1.79. The van der Waals surface area contributed by atoms with Gasteiger partial charge in [-0.15, -0.1) is 0 Å². The van der Waals surface area contributed by atoms with Crippen molar-refractivity contribution in [2.24, 2.45) is 0 Å². The quantitative estimate of drug-likeness (QED) is 0.526. The molecule has 0 bridgehead atoms. The van der Waals surface area contributed by atoms with Crippen molar-refractivity contribution >= 4 is 17.5 Å². The number of likely N-dealkylation sites (N-methyl/N-ethyl adjacent to an activating group) is 1. The average molecular weight is 442 g/mol. The topological polar surface area (TPSA) is 111 Å². The highest BCUT2D eigenvalue weighted by Crippen LogP contribution is 2.38. The van der Waals surface area contributed by atoms with Crippen LogP contribution in [0.3, 0.4) is 0 Å². The minimum absolute atomic E-state index is 0.0165. The molecule has 2 aromatic rings. The predicted molar refractivity (Wildman–Crippen MR) is 122 cm³/mol. The number of nitrogens with one attached hydrogen (secondary N) is 2. The van der Waals surface area contributed by atoms with E-state index in [4.69, 9.17) is 4.74 Å². The lowest BCUT2D eigenvalue weighted by Crippen LogP contribution is -2.35. The molecule has 32 heavy (non-hydrogen) atoms. The fourth-order valence-electron chi connectivity index (χ4n) is 3.68. The maximum Gasteiger partial charge on any atom is 0.259 e. The number of carbonyl (C=O) groups excluding carboxylic acids is 2. The molecule has 1 fully saturated rings. The normalized spacial score (nSPS) is 14.4. The molecule has 1 heterocycles. The van der Waals surface area contributed by atoms with Crippen LogP contribution in [-0.4, -0.2) is 60.3 Å². The van der Waals surface area contributed by atoms with Crippen LogP contribution in [0.25, 0.3) is 0 Å². The van der Waals surface area contributed by atoms with Gasteiger partial charge in [-0.05, 0) is 35.2 Å². The van der Waals surface area contributed by atoms with Gasteiger partial charge in [-0.1, -0.05) is 26.0 Å². The minimum Gasteiger partial charge on any atom is -0.507 e. The first-order chi connectivity index (χ1) is 15.3. The Kier molecular flexibility index (Phi) is 7.71. The molecule has 0 aromatic heterocycles. The van der Waals surface area contributed by atoms with Crippen molar-refractivity contribution < 1.29 is 24.5 Å². The molecule has 1 aliphatic rings. The molecule has 2 aromatic carbocycles. The number of hydrogen-bond donors (Lipinski definition) is 4. The molecular formula is C24H31N3O5. The van der Waals surface area contributed by atoms with E-state index < -0.39 is 11.7 Å². The van der Waals surface area contributed by atoms with Gasteiger partial charge in [-0.3, -0.25) is 14.5 Å². The molecular weight excluding hydrogens is 410 g/mol. The molecule has 0 atom stereocenters. The number of amides is 2. The number of phenols is 2. The van der Waals surface area contributed by atoms with Crippen LogP contribution in [-0.2, 0) is 22.5 Å². The van der Waals surface area contributed by atoms with Crippen LogP contribution >= 0.6 is 0 Å². The third-order valence-electron chi connectivity index (χ3n) is 5.60. The second-order valence-electron chi connectivity index (χ2n) is 8.23. The van der Waals surface area contributed by atoms with Gasteiger partial charge < -0.3 is 25.6 Å². The summed E-state index contributed by atoms with van der Waals surface area (Å²) in [6.07, 6.45) is -0.231. The lowest BCUT2D eigenvalue weighted by atomic mass is 9.93. The molecule has 0 aliphatic carbocycles. The second kappa shape index (κ2) is 10.5. The van der Waals surface area contributed by atoms with Crippen LogP contribution in [0, 0.1) is 0 Å². The Hall–Kier alpha value is -3.10. The van der Waals surface area contributed by atoms with Crippen LogP contribution in [0.2, 0.25) is 0 Å². The third-order valence-corrected chi connectivity index (χ3v) is 5.60. The Morgan fingerprint density at radius 2 is 1.75 bits per heavy atom. The van der Waals surface area contributed by atoms with Crippen molar-refractivity contribution in [3.05, 3.63) is 52.6 Å². The molecule has 0 unspecified atom stereocenters. The van der Waals surface area contributed by atoms with E-state index in [9.17, 15) is 19.8 Å². The van der Waals surface area contributed by atoms with E-state index in [1.165, 1.54) is 13.1 Å². The summed E-state index contributed by atoms with van der Waals surface area (Å²) in [5.74, 6) is -1.55. The highest BCUT2D eigenvalue weighted by molar-refractivity contribution is 6.07. The number of morpholine rings is 1. The Labute approximate surface area is 188 Å². The van der Waals surface area contributed by atoms with Gasteiger partial charge in [-0.25, -0.2) is 0 Å². The second-order valence-corrected chi connectivity index (χ2v) is 8.23. The molecule has 1 aliphatic heterocycles. The monoisotopic (exact) mass is 441 g/mol. The van der Waals surface area contributed by atoms with Crippen molar-refractivity contribution in [3.8, 4) is 11.5 Å². The zero-order valence-electron chi connectivity index (χ0n) is 18.8. The summed E-state index contributed by atoms with van der Waals surface area (Å²) < 4.78 is 5.37. The van der Waals surface area contributed by atoms with Crippen LogP contribution in [0.1, 0.15) is 46.8 Å². The van der Waals surface area contributed by atoms with E-state index in [-0.39, 0.29) is 35.1 Å². The van der Waals surface area contributed by atoms with Gasteiger partial charge in [0.1, 0.15) is 11.5 Å². The Morgan fingerprint density at radius 3 is 2.34 bits per heavy atom. The van der Waals surface area contributed by atoms with E-state index in [0.717, 1.165) is 38.4 Å². The number of hydrogen-bond acceptors (Lipinski definition) is 6. The first kappa shape index (κ1) is 23.6. The molecule has 0 radical (unpaired) electrons. The number of aromatic hydroxyl groups is 2. The van der Waals surface area contributed by atoms with Crippen molar-refractivity contribution in [1.82, 2.24) is 10.2 Å². The molecule has 172 valence electrons. The fraction of sp³-hybridized carbons (Fsp3) is 0.417. The maximum atomic E-state index is 13.0. The SMILES string of the molecule is CNC(=O)Cc1c(O)c(C(=O)Nc2ccc(CN3CCOCC3)cc2)cc(C(C)C)c1O. The van der Waals surface area contributed by atoms with Gasteiger partial charge in [0.15, 0.2) is 0 Å². The maximum absolute atomic E-state index is 13.0. The van der Waals surface area contributed by atoms with Gasteiger partial charge in [-0.2, -0.15) is 0 Å². The predicted octanol–water partition coefficient (Wildman–Crippen LogP) is 2.59. The number of phenolic OH excluding ortho intramolecular Hbond substituents is 2. The molecule has 4 N–H and O–H groups in total. The van der Waals surface area contributed by atoms with Crippen molar-refractivity contribution in [3.63, 3.8) is 0 Å². The number of benzene rings is 2. The first-order valence-electron chi connectivity index (χ1n) is 10.8. The van der Waals surface area contributed by atoms with Gasteiger partial charge >= 0.3 is 0 Å². The number of nitrogens with zero attached hydrogens (tertiary/aromatic N) is 1. The average Bonchev–Trinajstić information content (AvgIpc) is 2.78. The standard InChI is InChI=1S/C24H31N3O5/c1-15(2)18-12-20(23(30)19(22(18)29)13-21(28)25-3)24(31)26-17-6-4-16(5-7-17)14-27-8-10-32-11-9-27/h4-7,12,15,29-30H,8-11,13-14H2,1-3H3,(H,25,28)(H,26,31). The molecule has 3 rings (SSSR count). The molecule has 8 nitrogen and oxygen atoms in total. The molecule has 0 spiro atoms. The summed E-state index contributed by atoms with van der Waals surface area (Å²) in [6.45, 7) is 7.83. The van der Waals surface area contributed by atoms with E-state index in [1.54, 1.807) is 0 Å². The minimum atomic E-state index is -0.511. The van der Waals surface area contributed by atoms with Crippen LogP contribution in [0.15, 0.2) is 30.3 Å². The highest BCUT2D eigenvalue weighted by atomic mass is 16.5. The summed E-state index contributed by atoms with van der Waals surface area (Å²) in [6, 6.07) is 9.03. The summed E-state index contributed by atoms with van der Waals surface area (Å²) in [4.78, 5) is 27.1. The highest BCUT2D eigenvalue weighted by Gasteiger charge is 2.24. The number of ether oxygens (including phenoxy) is 1. The number of anilines is 1. The lowest BCUT2D eigenvalue weighted by molar-refractivity contribution is -0.120. The smallest absolute Gasteiger partial charge is 0.259 e. The van der Waals surface area contributed by atoms with Crippen molar-refractivity contribution in [2.45, 2.75) is 32.7 Å². The van der Waals surface area contributed by atoms with Gasteiger partial charge in [0.05, 0.1) is 25.2 Å². The number of rotatable bonds is 7. The van der Waals surface area contributed by atoms with E-state index in [2.05, 4.69) is 15.5 Å². The summed E-state index contributed by atoms with van der Waals surface area (Å²) in [5.41, 5.74) is 2.27. The molecule has 0 saturated carbocycles. The zero-order valence-corrected chi connectivity index (χ0v) is 18.8. The van der Waals surface area contributed by atoms with Gasteiger partial charge in [0, 0.05) is 37.9 Å². The lowest BCUT2D eigenvalue weighted by Gasteiger charge is -2.26. The largest absolute Gasteiger partial charge is 0.507 e. The van der Waals surface area contributed by atoms with Gasteiger partial charge in [0.2, 0.25) is 5.91 Å². The van der Waals surface area contributed by atoms with Crippen LogP contribution in [0.5, 0.6) is 11.5 Å². The Bertz CT molecular complexity index is 967. The summed E-state index contributed by atoms with van der Waals surface area (Å²) >= 11 is 0. The summed E-state index contributed by atoms with van der Waals surface area (Å²) in [7, 11) is 1.47. The van der Waals surface area contributed by atoms with E-state index in [1.807, 2.05) is 38.1 Å². The summed E-state index contributed by atoms with van der Waals surface area (Å²) in [5, 5.41) is 26.5. The Morgan fingerprint density at radius 1 is 1.09 bits per heavy atom. The first-order valence-corrected chi connectivity index (χ1v) is 10.8. The number of carbonyl (C=O) groups is 2. The van der Waals surface area contributed by atoms with Crippen LogP contribution < -0.4 is 10.6 Å². The van der Waals surface area contributed by atoms with Gasteiger partial charge in [0.25, 0.3) is 5.91 Å². The van der Waals surface area contributed by atoms with Crippen molar-refractivity contribution in [1.29, 1.82) is 0 Å². The molecule has 2 amide bonds. The van der Waals surface area contributed by atoms with Crippen LogP contribution in [0.4, 0.5) is 5.69 Å². The van der Waals surface area contributed by atoms with Crippen molar-refractivity contribution in [2.75, 3.05) is 38.7 Å². The zero-order chi connectivity index (χ0) is 23.3. The van der Waals surface area contributed by atoms with E-state index >= 15 is 0 Å². The molecule has 1 saturated heterocycles. The fourth-order valence-corrected chi connectivity index (χ4v) is 3.68. The third kappa shape index (κ3) is 5.57.